The molecular weight excluding hydrogens is 458 g/mol. The quantitative estimate of drug-likeness (QED) is 0.450. The molecule has 2 aromatic heterocycles. The Bertz CT molecular complexity index is 1670. The Kier molecular flexibility index (Phi) is 6.18. The fourth-order valence-electron chi connectivity index (χ4n) is 5.45. The summed E-state index contributed by atoms with van der Waals surface area (Å²) in [4.78, 5) is 17.2. The van der Waals surface area contributed by atoms with E-state index in [4.69, 9.17) is 9.73 Å². The minimum absolute atomic E-state index is 0.816. The largest absolute Gasteiger partial charge is 0.494 e. The fraction of sp³-hybridized carbons (Fsp3) is 0.258. The number of nitrogens with zero attached hydrogens (tertiary/aromatic N) is 3. The van der Waals surface area contributed by atoms with Gasteiger partial charge in [0.1, 0.15) is 5.75 Å². The molecule has 6 heteroatoms. The molecule has 6 nitrogen and oxygen atoms in total. The number of benzene rings is 2. The standard InChI is InChI=1S/C31H33N5O/c1-21-17-22(2)32-27(21)18-28-30(37-3)19-29(33-28)31-25(24-11-7-8-12-26(24)34-31)20-35-13-15-36(16-14-35)23-9-5-4-6-10-23/h4-12,17-19,32-33H,13-16,20H2,1-3H3/b28-18-,31-29-. The van der Waals surface area contributed by atoms with E-state index in [9.17, 15) is 0 Å². The normalized spacial score (nSPS) is 17.8. The molecule has 2 aliphatic rings. The number of aromatic nitrogens is 2. The van der Waals surface area contributed by atoms with E-state index in [2.05, 4.69) is 106 Å². The van der Waals surface area contributed by atoms with Crippen LogP contribution in [-0.4, -0.2) is 54.7 Å². The SMILES string of the molecule is COc1c/c(=C2/N=c3ccccc3=C2CN2CCN(c3ccccc3)CC2)[nH]/c1=C\c1[nH]c(C)cc1C. The number of nitrogens with one attached hydrogen (secondary N) is 2. The van der Waals surface area contributed by atoms with Gasteiger partial charge in [0.2, 0.25) is 0 Å². The predicted molar refractivity (Wildman–Crippen MR) is 150 cm³/mol. The Morgan fingerprint density at radius 3 is 2.41 bits per heavy atom. The van der Waals surface area contributed by atoms with Crippen LogP contribution in [0.1, 0.15) is 17.0 Å². The topological polar surface area (TPSA) is 59.6 Å². The molecule has 1 fully saturated rings. The van der Waals surface area contributed by atoms with Gasteiger partial charge in [-0.2, -0.15) is 0 Å². The van der Waals surface area contributed by atoms with Gasteiger partial charge in [0.15, 0.2) is 0 Å². The average molecular weight is 492 g/mol. The molecule has 0 saturated carbocycles. The van der Waals surface area contributed by atoms with E-state index < -0.39 is 0 Å². The maximum atomic E-state index is 5.76. The number of aryl methyl sites for hydroxylation is 2. The summed E-state index contributed by atoms with van der Waals surface area (Å²) < 4.78 is 5.76. The summed E-state index contributed by atoms with van der Waals surface area (Å²) in [7, 11) is 1.72. The molecule has 2 N–H and O–H groups in total. The lowest BCUT2D eigenvalue weighted by Gasteiger charge is -2.36. The molecule has 0 aliphatic carbocycles. The Labute approximate surface area is 216 Å². The van der Waals surface area contributed by atoms with Crippen molar-refractivity contribution in [1.82, 2.24) is 14.9 Å². The second-order valence-electron chi connectivity index (χ2n) is 9.91. The van der Waals surface area contributed by atoms with Crippen LogP contribution in [0.25, 0.3) is 17.3 Å². The first-order chi connectivity index (χ1) is 18.1. The molecule has 4 aromatic rings. The number of hydrogen-bond donors (Lipinski definition) is 2. The summed E-state index contributed by atoms with van der Waals surface area (Å²) in [5.41, 5.74) is 7.02. The van der Waals surface area contributed by atoms with Gasteiger partial charge in [0.25, 0.3) is 0 Å². The summed E-state index contributed by atoms with van der Waals surface area (Å²) >= 11 is 0. The first kappa shape index (κ1) is 23.4. The van der Waals surface area contributed by atoms with Crippen molar-refractivity contribution in [1.29, 1.82) is 0 Å². The lowest BCUT2D eigenvalue weighted by atomic mass is 10.1. The molecule has 0 radical (unpaired) electrons. The van der Waals surface area contributed by atoms with Gasteiger partial charge in [0, 0.05) is 66.7 Å². The van der Waals surface area contributed by atoms with E-state index in [-0.39, 0.29) is 0 Å². The van der Waals surface area contributed by atoms with Crippen molar-refractivity contribution >= 4 is 23.0 Å². The van der Waals surface area contributed by atoms with Crippen molar-refractivity contribution < 1.29 is 4.74 Å². The van der Waals surface area contributed by atoms with Crippen LogP contribution in [0.15, 0.2) is 71.7 Å². The monoisotopic (exact) mass is 491 g/mol. The number of anilines is 1. The van der Waals surface area contributed by atoms with Crippen LogP contribution >= 0.6 is 0 Å². The summed E-state index contributed by atoms with van der Waals surface area (Å²) in [5.74, 6) is 0.816. The Morgan fingerprint density at radius 2 is 1.68 bits per heavy atom. The van der Waals surface area contributed by atoms with Gasteiger partial charge in [0.05, 0.1) is 28.9 Å². The fourth-order valence-corrected chi connectivity index (χ4v) is 5.45. The third kappa shape index (κ3) is 4.60. The van der Waals surface area contributed by atoms with Gasteiger partial charge in [-0.25, -0.2) is 4.99 Å². The highest BCUT2D eigenvalue weighted by atomic mass is 16.5. The average Bonchev–Trinajstić information content (AvgIpc) is 3.60. The Balaban J connectivity index is 1.36. The number of methoxy groups -OCH3 is 1. The van der Waals surface area contributed by atoms with Crippen LogP contribution in [0.2, 0.25) is 0 Å². The molecule has 0 atom stereocenters. The van der Waals surface area contributed by atoms with E-state index in [1.165, 1.54) is 22.0 Å². The van der Waals surface area contributed by atoms with Crippen LogP contribution in [-0.2, 0) is 0 Å². The number of H-pyrrole nitrogens is 2. The molecule has 2 aliphatic heterocycles. The molecule has 0 spiro atoms. The molecule has 2 aromatic carbocycles. The van der Waals surface area contributed by atoms with E-state index in [0.29, 0.717) is 0 Å². The van der Waals surface area contributed by atoms with Crippen LogP contribution in [0.3, 0.4) is 0 Å². The Hall–Kier alpha value is -4.03. The number of piperazine rings is 1. The third-order valence-corrected chi connectivity index (χ3v) is 7.39. The highest BCUT2D eigenvalue weighted by Gasteiger charge is 2.22. The second-order valence-corrected chi connectivity index (χ2v) is 9.91. The third-order valence-electron chi connectivity index (χ3n) is 7.39. The molecule has 37 heavy (non-hydrogen) atoms. The van der Waals surface area contributed by atoms with E-state index in [1.54, 1.807) is 7.11 Å². The van der Waals surface area contributed by atoms with Crippen LogP contribution < -0.4 is 30.9 Å². The first-order valence-corrected chi connectivity index (χ1v) is 12.9. The summed E-state index contributed by atoms with van der Waals surface area (Å²) in [6.07, 6.45) is 2.12. The van der Waals surface area contributed by atoms with Gasteiger partial charge in [-0.3, -0.25) is 4.90 Å². The lowest BCUT2D eigenvalue weighted by Crippen LogP contribution is -2.47. The van der Waals surface area contributed by atoms with Crippen molar-refractivity contribution in [3.8, 4) is 5.75 Å². The molecule has 6 rings (SSSR count). The van der Waals surface area contributed by atoms with Crippen molar-refractivity contribution in [2.45, 2.75) is 13.8 Å². The predicted octanol–water partition coefficient (Wildman–Crippen LogP) is 2.21. The highest BCUT2D eigenvalue weighted by molar-refractivity contribution is 5.90. The zero-order valence-electron chi connectivity index (χ0n) is 21.7. The van der Waals surface area contributed by atoms with E-state index in [1.807, 2.05) is 0 Å². The van der Waals surface area contributed by atoms with E-state index in [0.717, 1.165) is 71.6 Å². The van der Waals surface area contributed by atoms with Gasteiger partial charge < -0.3 is 19.6 Å². The summed E-state index contributed by atoms with van der Waals surface area (Å²) in [6.45, 7) is 9.15. The number of ether oxygens (including phenoxy) is 1. The highest BCUT2D eigenvalue weighted by Crippen LogP contribution is 2.20. The van der Waals surface area contributed by atoms with Crippen LogP contribution in [0.4, 0.5) is 5.69 Å². The molecule has 0 amide bonds. The maximum Gasteiger partial charge on any atom is 0.144 e. The molecule has 4 heterocycles. The number of rotatable bonds is 5. The molecule has 1 saturated heterocycles. The van der Waals surface area contributed by atoms with Crippen molar-refractivity contribution in [2.75, 3.05) is 44.7 Å². The molecule has 0 unspecified atom stereocenters. The van der Waals surface area contributed by atoms with E-state index >= 15 is 0 Å². The van der Waals surface area contributed by atoms with Crippen LogP contribution in [0.5, 0.6) is 5.75 Å². The molecule has 0 bridgehead atoms. The smallest absolute Gasteiger partial charge is 0.144 e. The summed E-state index contributed by atoms with van der Waals surface area (Å²) in [5, 5.41) is 4.18. The van der Waals surface area contributed by atoms with Gasteiger partial charge in [-0.1, -0.05) is 36.4 Å². The van der Waals surface area contributed by atoms with Crippen molar-refractivity contribution in [2.24, 2.45) is 4.99 Å². The lowest BCUT2D eigenvalue weighted by molar-refractivity contribution is 0.288. The zero-order valence-corrected chi connectivity index (χ0v) is 21.7. The zero-order chi connectivity index (χ0) is 25.4. The number of aromatic amines is 2. The number of fused-ring (bicyclic) bond motifs is 1. The van der Waals surface area contributed by atoms with Gasteiger partial charge in [-0.15, -0.1) is 0 Å². The Morgan fingerprint density at radius 1 is 0.919 bits per heavy atom. The second kappa shape index (κ2) is 9.79. The van der Waals surface area contributed by atoms with Crippen LogP contribution in [0, 0.1) is 13.8 Å². The van der Waals surface area contributed by atoms with Crippen molar-refractivity contribution in [3.05, 3.63) is 105 Å². The first-order valence-electron chi connectivity index (χ1n) is 12.9. The van der Waals surface area contributed by atoms with Gasteiger partial charge in [-0.05, 0) is 49.8 Å². The number of hydrogen-bond acceptors (Lipinski definition) is 4. The summed E-state index contributed by atoms with van der Waals surface area (Å²) in [6, 6.07) is 23.4. The minimum Gasteiger partial charge on any atom is -0.494 e. The van der Waals surface area contributed by atoms with Gasteiger partial charge >= 0.3 is 0 Å². The van der Waals surface area contributed by atoms with Crippen molar-refractivity contribution in [3.63, 3.8) is 0 Å². The molecule has 188 valence electrons. The molecular formula is C31H33N5O. The number of para-hydroxylation sites is 2. The maximum absolute atomic E-state index is 5.76. The minimum atomic E-state index is 0.816.